The maximum Gasteiger partial charge on any atom is 0.158 e. The molecule has 0 bridgehead atoms. The van der Waals surface area contributed by atoms with Crippen LogP contribution in [-0.4, -0.2) is 27.6 Å². The third kappa shape index (κ3) is 2.89. The van der Waals surface area contributed by atoms with E-state index in [9.17, 15) is 4.79 Å². The molecule has 2 heterocycles. The Labute approximate surface area is 115 Å². The Morgan fingerprint density at radius 2 is 2.37 bits per heavy atom. The van der Waals surface area contributed by atoms with Crippen LogP contribution < -0.4 is 5.32 Å². The second-order valence-corrected chi connectivity index (χ2v) is 5.61. The third-order valence-corrected chi connectivity index (χ3v) is 4.43. The number of hydrogen-bond acceptors (Lipinski definition) is 3. The van der Waals surface area contributed by atoms with E-state index in [4.69, 9.17) is 0 Å². The predicted octanol–water partition coefficient (Wildman–Crippen LogP) is 2.50. The number of nitrogens with zero attached hydrogens (tertiary/aromatic N) is 2. The van der Waals surface area contributed by atoms with Crippen molar-refractivity contribution in [3.05, 3.63) is 18.0 Å². The van der Waals surface area contributed by atoms with Crippen LogP contribution in [0.2, 0.25) is 0 Å². The van der Waals surface area contributed by atoms with Gasteiger partial charge in [0, 0.05) is 12.2 Å². The molecule has 2 atom stereocenters. The van der Waals surface area contributed by atoms with Crippen LogP contribution >= 0.6 is 0 Å². The van der Waals surface area contributed by atoms with Crippen molar-refractivity contribution in [2.24, 2.45) is 0 Å². The van der Waals surface area contributed by atoms with Crippen LogP contribution in [-0.2, 0) is 11.2 Å². The lowest BCUT2D eigenvalue weighted by molar-refractivity contribution is -0.124. The summed E-state index contributed by atoms with van der Waals surface area (Å²) in [5.74, 6) is 0.293. The minimum Gasteiger partial charge on any atom is -0.305 e. The molecule has 1 saturated heterocycles. The van der Waals surface area contributed by atoms with Gasteiger partial charge in [0.15, 0.2) is 5.78 Å². The average Bonchev–Trinajstić information content (AvgIpc) is 3.07. The molecule has 0 aliphatic carbocycles. The molecule has 1 fully saturated rings. The summed E-state index contributed by atoms with van der Waals surface area (Å²) in [6.07, 6.45) is 6.42. The second kappa shape index (κ2) is 5.87. The van der Waals surface area contributed by atoms with E-state index < -0.39 is 0 Å². The molecule has 0 saturated carbocycles. The summed E-state index contributed by atoms with van der Waals surface area (Å²) in [6, 6.07) is 2.37. The van der Waals surface area contributed by atoms with E-state index in [0.717, 1.165) is 37.9 Å². The van der Waals surface area contributed by atoms with Gasteiger partial charge in [-0.05, 0) is 45.2 Å². The minimum atomic E-state index is -0.292. The van der Waals surface area contributed by atoms with Crippen LogP contribution in [0, 0.1) is 0 Å². The molecular formula is C15H25N3O. The largest absolute Gasteiger partial charge is 0.305 e. The van der Waals surface area contributed by atoms with Crippen molar-refractivity contribution in [2.45, 2.75) is 64.5 Å². The first-order valence-electron chi connectivity index (χ1n) is 7.43. The summed E-state index contributed by atoms with van der Waals surface area (Å²) in [4.78, 5) is 12.5. The zero-order chi connectivity index (χ0) is 13.9. The van der Waals surface area contributed by atoms with E-state index in [-0.39, 0.29) is 5.54 Å². The van der Waals surface area contributed by atoms with Crippen molar-refractivity contribution in [2.75, 3.05) is 6.54 Å². The highest BCUT2D eigenvalue weighted by molar-refractivity contribution is 5.90. The molecule has 2 rings (SSSR count). The molecule has 1 aliphatic heterocycles. The van der Waals surface area contributed by atoms with Gasteiger partial charge >= 0.3 is 0 Å². The Hall–Kier alpha value is -1.16. The lowest BCUT2D eigenvalue weighted by Crippen LogP contribution is -2.47. The van der Waals surface area contributed by atoms with Crippen molar-refractivity contribution in [3.8, 4) is 0 Å². The summed E-state index contributed by atoms with van der Waals surface area (Å²) >= 11 is 0. The monoisotopic (exact) mass is 263 g/mol. The molecule has 4 heteroatoms. The van der Waals surface area contributed by atoms with Gasteiger partial charge < -0.3 is 5.32 Å². The summed E-state index contributed by atoms with van der Waals surface area (Å²) in [7, 11) is 0. The lowest BCUT2D eigenvalue weighted by atomic mass is 9.87. The van der Waals surface area contributed by atoms with Crippen molar-refractivity contribution in [1.82, 2.24) is 15.1 Å². The number of carbonyl (C=O) groups excluding carboxylic acids is 1. The molecule has 0 spiro atoms. The smallest absolute Gasteiger partial charge is 0.158 e. The Balaban J connectivity index is 2.04. The fourth-order valence-electron chi connectivity index (χ4n) is 2.78. The zero-order valence-corrected chi connectivity index (χ0v) is 12.3. The van der Waals surface area contributed by atoms with Gasteiger partial charge in [0.1, 0.15) is 0 Å². The van der Waals surface area contributed by atoms with Crippen molar-refractivity contribution < 1.29 is 4.79 Å². The Bertz CT molecular complexity index is 432. The topological polar surface area (TPSA) is 46.9 Å². The fourth-order valence-corrected chi connectivity index (χ4v) is 2.78. The van der Waals surface area contributed by atoms with Gasteiger partial charge in [-0.15, -0.1) is 0 Å². The first-order chi connectivity index (χ1) is 9.11. The number of carbonyl (C=O) groups is 1. The van der Waals surface area contributed by atoms with Crippen LogP contribution in [0.1, 0.15) is 58.2 Å². The molecule has 1 aliphatic rings. The van der Waals surface area contributed by atoms with Crippen molar-refractivity contribution in [1.29, 1.82) is 0 Å². The Kier molecular flexibility index (Phi) is 4.40. The van der Waals surface area contributed by atoms with Gasteiger partial charge in [-0.1, -0.05) is 13.8 Å². The number of ketones is 1. The van der Waals surface area contributed by atoms with E-state index in [2.05, 4.69) is 31.2 Å². The van der Waals surface area contributed by atoms with Crippen LogP contribution in [0.5, 0.6) is 0 Å². The van der Waals surface area contributed by atoms with Crippen molar-refractivity contribution >= 4 is 5.78 Å². The molecule has 0 radical (unpaired) electrons. The minimum absolute atomic E-state index is 0.292. The van der Waals surface area contributed by atoms with E-state index in [0.29, 0.717) is 18.2 Å². The molecule has 19 heavy (non-hydrogen) atoms. The maximum absolute atomic E-state index is 12.5. The molecule has 1 N–H and O–H groups in total. The first kappa shape index (κ1) is 14.3. The van der Waals surface area contributed by atoms with Gasteiger partial charge in [0.2, 0.25) is 0 Å². The number of nitrogens with one attached hydrogen (secondary N) is 1. The van der Waals surface area contributed by atoms with Crippen LogP contribution in [0.4, 0.5) is 0 Å². The number of rotatable bonds is 6. The number of Topliss-reactive ketones (excluding diaryl/α,β-unsaturated/α-hetero) is 1. The molecule has 0 aromatic carbocycles. The summed E-state index contributed by atoms with van der Waals surface area (Å²) in [5, 5.41) is 7.92. The van der Waals surface area contributed by atoms with E-state index in [1.54, 1.807) is 0 Å². The van der Waals surface area contributed by atoms with E-state index in [1.807, 2.05) is 16.9 Å². The normalized spacial score (nSPS) is 24.6. The molecule has 2 unspecified atom stereocenters. The highest BCUT2D eigenvalue weighted by atomic mass is 16.1. The Morgan fingerprint density at radius 3 is 2.95 bits per heavy atom. The van der Waals surface area contributed by atoms with Gasteiger partial charge in [-0.2, -0.15) is 5.10 Å². The van der Waals surface area contributed by atoms with Crippen LogP contribution in [0.15, 0.2) is 12.3 Å². The summed E-state index contributed by atoms with van der Waals surface area (Å²) in [5.41, 5.74) is 0.604. The van der Waals surface area contributed by atoms with E-state index >= 15 is 0 Å². The lowest BCUT2D eigenvalue weighted by Gasteiger charge is -2.26. The first-order valence-corrected chi connectivity index (χ1v) is 7.43. The second-order valence-electron chi connectivity index (χ2n) is 5.61. The van der Waals surface area contributed by atoms with Crippen LogP contribution in [0.3, 0.4) is 0 Å². The Morgan fingerprint density at radius 1 is 1.58 bits per heavy atom. The van der Waals surface area contributed by atoms with E-state index in [1.165, 1.54) is 0 Å². The third-order valence-electron chi connectivity index (χ3n) is 4.43. The number of aromatic nitrogens is 2. The van der Waals surface area contributed by atoms with Gasteiger partial charge in [-0.25, -0.2) is 0 Å². The quantitative estimate of drug-likeness (QED) is 0.857. The average molecular weight is 263 g/mol. The molecule has 1 aromatic rings. The molecule has 106 valence electrons. The highest BCUT2D eigenvalue weighted by Crippen LogP contribution is 2.25. The van der Waals surface area contributed by atoms with Crippen LogP contribution in [0.25, 0.3) is 0 Å². The highest BCUT2D eigenvalue weighted by Gasteiger charge is 2.38. The molecule has 4 nitrogen and oxygen atoms in total. The van der Waals surface area contributed by atoms with Gasteiger partial charge in [0.25, 0.3) is 0 Å². The SMILES string of the molecule is CCC(C)n1ccc(CC(=O)C2(CC)CCCN2)n1. The summed E-state index contributed by atoms with van der Waals surface area (Å²) < 4.78 is 1.96. The fraction of sp³-hybridized carbons (Fsp3) is 0.733. The molecule has 0 amide bonds. The van der Waals surface area contributed by atoms with Gasteiger partial charge in [-0.3, -0.25) is 9.48 Å². The van der Waals surface area contributed by atoms with Gasteiger partial charge in [0.05, 0.1) is 17.7 Å². The standard InChI is InChI=1S/C15H25N3O/c1-4-12(3)18-10-7-13(17-18)11-14(19)15(5-2)8-6-9-16-15/h7,10,12,16H,4-6,8-9,11H2,1-3H3. The molecular weight excluding hydrogens is 238 g/mol. The maximum atomic E-state index is 12.5. The zero-order valence-electron chi connectivity index (χ0n) is 12.3. The summed E-state index contributed by atoms with van der Waals surface area (Å²) in [6.45, 7) is 7.34. The predicted molar refractivity (Wildman–Crippen MR) is 76.2 cm³/mol. The van der Waals surface area contributed by atoms with Crippen molar-refractivity contribution in [3.63, 3.8) is 0 Å². The molecule has 1 aromatic heterocycles. The number of hydrogen-bond donors (Lipinski definition) is 1.